The fourth-order valence-electron chi connectivity index (χ4n) is 8.64. The van der Waals surface area contributed by atoms with Crippen LogP contribution in [-0.2, 0) is 24.1 Å². The molecule has 8 rings (SSSR count). The molecule has 2 saturated heterocycles. The van der Waals surface area contributed by atoms with E-state index in [1.54, 1.807) is 0 Å². The van der Waals surface area contributed by atoms with Crippen LogP contribution in [-0.4, -0.2) is 93.4 Å². The highest BCUT2D eigenvalue weighted by Gasteiger charge is 2.56. The van der Waals surface area contributed by atoms with Crippen LogP contribution >= 0.6 is 54.0 Å². The number of aromatic amines is 2. The minimum atomic E-state index is -0.688. The summed E-state index contributed by atoms with van der Waals surface area (Å²) in [6.45, 7) is 9.16. The number of rotatable bonds is 11. The van der Waals surface area contributed by atoms with Crippen molar-refractivity contribution in [3.05, 3.63) is 71.4 Å². The molecule has 4 atom stereocenters. The lowest BCUT2D eigenvalue weighted by molar-refractivity contribution is -0.188. The average Bonchev–Trinajstić information content (AvgIpc) is 3.83. The van der Waals surface area contributed by atoms with Crippen LogP contribution in [0.15, 0.2) is 53.7 Å². The average molecular weight is 925 g/mol. The van der Waals surface area contributed by atoms with Crippen LogP contribution < -0.4 is 5.32 Å². The second-order valence-corrected chi connectivity index (χ2v) is 17.3. The number of H-pyrrole nitrogens is 2. The Balaban J connectivity index is 0.00000211. The topological polar surface area (TPSA) is 167 Å². The van der Waals surface area contributed by atoms with Crippen molar-refractivity contribution < 1.29 is 28.9 Å². The summed E-state index contributed by atoms with van der Waals surface area (Å²) in [5.74, 6) is 7.86. The molecule has 18 heteroatoms. The SMILES string of the molecule is COOC=N[C@H](C(=O)N1CC2(CC2)C[C@H]1c1nc2ccc(C#Cc3ccc(-c4cnc([C@@H]5CC6(CC6)CN5C(=O)[C@@H](NC(=O)OC)C(C)C)[nH]4)cc3)cc2[nH]1)C(C)C.S.S.S.S. The van der Waals surface area contributed by atoms with Crippen LogP contribution in [0.25, 0.3) is 22.3 Å². The lowest BCUT2D eigenvalue weighted by Gasteiger charge is -2.30. The van der Waals surface area contributed by atoms with Crippen LogP contribution in [0, 0.1) is 34.5 Å². The number of likely N-dealkylation sites (tertiary alicyclic amines) is 2. The second-order valence-electron chi connectivity index (χ2n) is 17.3. The Morgan fingerprint density at radius 2 is 1.42 bits per heavy atom. The van der Waals surface area contributed by atoms with Crippen molar-refractivity contribution in [3.63, 3.8) is 0 Å². The number of amides is 3. The van der Waals surface area contributed by atoms with Gasteiger partial charge in [-0.15, -0.1) is 0 Å². The van der Waals surface area contributed by atoms with E-state index < -0.39 is 18.2 Å². The molecule has 4 aromatic rings. The van der Waals surface area contributed by atoms with Crippen LogP contribution in [0.1, 0.15) is 101 Å². The maximum atomic E-state index is 13.9. The summed E-state index contributed by atoms with van der Waals surface area (Å²) >= 11 is 0. The van der Waals surface area contributed by atoms with E-state index >= 15 is 0 Å². The minimum absolute atomic E-state index is 0. The van der Waals surface area contributed by atoms with Crippen molar-refractivity contribution in [1.29, 1.82) is 0 Å². The van der Waals surface area contributed by atoms with Gasteiger partial charge >= 0.3 is 6.09 Å². The van der Waals surface area contributed by atoms with Crippen LogP contribution in [0.4, 0.5) is 4.79 Å². The summed E-state index contributed by atoms with van der Waals surface area (Å²) in [7, 11) is 2.70. The first kappa shape index (κ1) is 50.4. The Hall–Kier alpha value is -4.28. The second kappa shape index (κ2) is 20.5. The van der Waals surface area contributed by atoms with Crippen LogP contribution in [0.2, 0.25) is 0 Å². The van der Waals surface area contributed by atoms with Crippen molar-refractivity contribution in [1.82, 2.24) is 35.1 Å². The zero-order valence-electron chi connectivity index (χ0n) is 36.0. The number of alkyl carbamates (subject to hydrolysis) is 1. The van der Waals surface area contributed by atoms with E-state index in [0.29, 0.717) is 13.1 Å². The summed E-state index contributed by atoms with van der Waals surface area (Å²) in [4.78, 5) is 74.2. The number of methoxy groups -OCH3 is 1. The van der Waals surface area contributed by atoms with Crippen molar-refractivity contribution in [3.8, 4) is 23.1 Å². The van der Waals surface area contributed by atoms with Gasteiger partial charge in [0.1, 0.15) is 23.7 Å². The number of carbonyl (C=O) groups excluding carboxylic acids is 3. The number of nitrogens with zero attached hydrogens (tertiary/aromatic N) is 5. The summed E-state index contributed by atoms with van der Waals surface area (Å²) in [6, 6.07) is 12.3. The number of imidazole rings is 2. The molecule has 336 valence electrons. The maximum Gasteiger partial charge on any atom is 0.407 e. The highest BCUT2D eigenvalue weighted by atomic mass is 32.1. The van der Waals surface area contributed by atoms with Crippen molar-refractivity contribution in [2.75, 3.05) is 27.3 Å². The van der Waals surface area contributed by atoms with E-state index in [-0.39, 0.29) is 101 Å². The van der Waals surface area contributed by atoms with E-state index in [9.17, 15) is 14.4 Å². The number of hydrogen-bond acceptors (Lipinski definition) is 9. The van der Waals surface area contributed by atoms with E-state index in [1.165, 1.54) is 20.6 Å². The first-order chi connectivity index (χ1) is 27.9. The molecule has 14 nitrogen and oxygen atoms in total. The fourth-order valence-corrected chi connectivity index (χ4v) is 8.64. The highest BCUT2D eigenvalue weighted by Crippen LogP contribution is 2.59. The number of ether oxygens (including phenoxy) is 1. The third-order valence-electron chi connectivity index (χ3n) is 12.4. The molecule has 0 radical (unpaired) electrons. The molecule has 2 aromatic carbocycles. The van der Waals surface area contributed by atoms with Crippen molar-refractivity contribution in [2.45, 2.75) is 90.4 Å². The molecule has 4 fully saturated rings. The van der Waals surface area contributed by atoms with Gasteiger partial charge in [-0.3, -0.25) is 9.59 Å². The molecule has 62 heavy (non-hydrogen) atoms. The van der Waals surface area contributed by atoms with Crippen molar-refractivity contribution >= 4 is 89.3 Å². The predicted octanol–water partition coefficient (Wildman–Crippen LogP) is 6.92. The standard InChI is InChI=1S/C44H52N8O6.4H2S/c1-26(2)36(46-25-58-57-6)40(53)52-24-44(17-18-44)21-35(52)39-47-31-14-11-29(19-32(31)48-39)8-7-28-9-12-30(13-10-28)33-22-45-38(49-33)34-20-43(15-16-43)23-51(34)41(54)37(27(3)4)50-42(55)56-5;;;;/h9-14,19,22,25-27,34-37H,15-18,20-21,23-24H2,1-6H3,(H,45,49)(H,47,48)(H,50,55);4*1H2/t34-,35-,36-,37-;;;;/m0..../s1. The van der Waals surface area contributed by atoms with Crippen molar-refractivity contribution in [2.24, 2.45) is 27.7 Å². The summed E-state index contributed by atoms with van der Waals surface area (Å²) < 4.78 is 4.81. The lowest BCUT2D eigenvalue weighted by Crippen LogP contribution is -2.51. The molecule has 3 amide bonds. The zero-order valence-corrected chi connectivity index (χ0v) is 40.0. The highest BCUT2D eigenvalue weighted by molar-refractivity contribution is 7.59. The summed E-state index contributed by atoms with van der Waals surface area (Å²) in [6.07, 6.45) is 8.51. The Bertz CT molecular complexity index is 2300. The summed E-state index contributed by atoms with van der Waals surface area (Å²) in [5.41, 5.74) is 5.50. The first-order valence-corrected chi connectivity index (χ1v) is 20.2. The van der Waals surface area contributed by atoms with E-state index in [1.807, 2.05) is 86.2 Å². The van der Waals surface area contributed by atoms with Gasteiger partial charge in [0.05, 0.1) is 49.2 Å². The van der Waals surface area contributed by atoms with E-state index in [2.05, 4.69) is 37.0 Å². The molecule has 2 aliphatic carbocycles. The Morgan fingerprint density at radius 3 is 2.00 bits per heavy atom. The molecular formula is C44H60N8O6S4. The molecule has 2 spiro atoms. The monoisotopic (exact) mass is 924 g/mol. The van der Waals surface area contributed by atoms with Gasteiger partial charge in [0.25, 0.3) is 0 Å². The van der Waals surface area contributed by atoms with Gasteiger partial charge < -0.3 is 34.7 Å². The Kier molecular flexibility index (Phi) is 16.6. The number of aromatic nitrogens is 4. The Morgan fingerprint density at radius 1 is 0.823 bits per heavy atom. The molecule has 2 saturated carbocycles. The smallest absolute Gasteiger partial charge is 0.407 e. The molecule has 2 aliphatic heterocycles. The molecular weight excluding hydrogens is 865 g/mol. The lowest BCUT2D eigenvalue weighted by atomic mass is 10.0. The molecule has 3 N–H and O–H groups in total. The molecule has 4 heterocycles. The predicted molar refractivity (Wildman–Crippen MR) is 258 cm³/mol. The zero-order chi connectivity index (χ0) is 40.8. The number of aliphatic imine (C=N–C) groups is 1. The van der Waals surface area contributed by atoms with E-state index in [4.69, 9.17) is 19.6 Å². The number of benzene rings is 2. The largest absolute Gasteiger partial charge is 0.453 e. The molecule has 4 aliphatic rings. The van der Waals surface area contributed by atoms with E-state index in [0.717, 1.165) is 83.6 Å². The molecule has 0 bridgehead atoms. The third-order valence-corrected chi connectivity index (χ3v) is 12.4. The number of nitrogens with one attached hydrogen (secondary N) is 3. The number of fused-ring (bicyclic) bond motifs is 1. The third kappa shape index (κ3) is 10.6. The number of carbonyl (C=O) groups is 3. The normalized spacial score (nSPS) is 19.8. The van der Waals surface area contributed by atoms with Gasteiger partial charge in [0.15, 0.2) is 0 Å². The Labute approximate surface area is 391 Å². The van der Waals surface area contributed by atoms with Gasteiger partial charge in [-0.1, -0.05) is 51.7 Å². The minimum Gasteiger partial charge on any atom is -0.453 e. The van der Waals surface area contributed by atoms with Crippen LogP contribution in [0.5, 0.6) is 0 Å². The van der Waals surface area contributed by atoms with Gasteiger partial charge in [-0.05, 0) is 97.1 Å². The fraction of sp³-hybridized carbons (Fsp3) is 0.500. The van der Waals surface area contributed by atoms with Gasteiger partial charge in [0.2, 0.25) is 18.2 Å². The van der Waals surface area contributed by atoms with Gasteiger partial charge in [0, 0.05) is 24.2 Å². The maximum absolute atomic E-state index is 13.9. The molecule has 0 unspecified atom stereocenters. The van der Waals surface area contributed by atoms with Crippen LogP contribution in [0.3, 0.4) is 0 Å². The van der Waals surface area contributed by atoms with Gasteiger partial charge in [-0.25, -0.2) is 19.8 Å². The first-order valence-electron chi connectivity index (χ1n) is 20.2. The molecule has 2 aromatic heterocycles. The summed E-state index contributed by atoms with van der Waals surface area (Å²) in [5, 5.41) is 2.74. The quantitative estimate of drug-likeness (QED) is 0.0479. The number of hydrogen-bond donors (Lipinski definition) is 3. The van der Waals surface area contributed by atoms with Gasteiger partial charge in [-0.2, -0.15) is 58.9 Å².